The molecule has 0 saturated carbocycles. The zero-order valence-corrected chi connectivity index (χ0v) is 16.3. The Labute approximate surface area is 165 Å². The maximum atomic E-state index is 12.2. The summed E-state index contributed by atoms with van der Waals surface area (Å²) in [5.74, 6) is 2.03. The molecule has 2 atom stereocenters. The van der Waals surface area contributed by atoms with Gasteiger partial charge in [-0.05, 0) is 50.3 Å². The highest BCUT2D eigenvalue weighted by molar-refractivity contribution is 5.81. The molecule has 2 aromatic rings. The van der Waals surface area contributed by atoms with E-state index in [2.05, 4.69) is 37.8 Å². The first-order valence-corrected chi connectivity index (χ1v) is 10.3. The summed E-state index contributed by atoms with van der Waals surface area (Å²) in [4.78, 5) is 19.1. The Bertz CT molecular complexity index is 757. The number of aromatic nitrogens is 2. The minimum absolute atomic E-state index is 0.00191. The summed E-state index contributed by atoms with van der Waals surface area (Å²) in [7, 11) is 0. The number of hydrogen-bond donors (Lipinski definition) is 2. The van der Waals surface area contributed by atoms with Crippen molar-refractivity contribution < 1.29 is 9.32 Å². The Kier molecular flexibility index (Phi) is 6.34. The summed E-state index contributed by atoms with van der Waals surface area (Å²) >= 11 is 0. The number of benzene rings is 1. The second kappa shape index (κ2) is 9.30. The van der Waals surface area contributed by atoms with Gasteiger partial charge in [0.15, 0.2) is 5.82 Å². The molecule has 3 heterocycles. The summed E-state index contributed by atoms with van der Waals surface area (Å²) in [5.41, 5.74) is 1.17. The van der Waals surface area contributed by atoms with Gasteiger partial charge in [0.25, 0.3) is 0 Å². The summed E-state index contributed by atoms with van der Waals surface area (Å²) in [6.45, 7) is 4.40. The number of carbonyl (C=O) groups excluding carboxylic acids is 1. The summed E-state index contributed by atoms with van der Waals surface area (Å²) < 4.78 is 5.42. The minimum Gasteiger partial charge on any atom is -0.354 e. The fourth-order valence-corrected chi connectivity index (χ4v) is 4.13. The van der Waals surface area contributed by atoms with Crippen LogP contribution in [-0.4, -0.2) is 53.2 Å². The van der Waals surface area contributed by atoms with Crippen LogP contribution in [-0.2, 0) is 17.8 Å². The van der Waals surface area contributed by atoms with Gasteiger partial charge in [0, 0.05) is 13.1 Å². The Morgan fingerprint density at radius 2 is 2.14 bits per heavy atom. The highest BCUT2D eigenvalue weighted by Crippen LogP contribution is 2.18. The highest BCUT2D eigenvalue weighted by Gasteiger charge is 2.25. The fourth-order valence-electron chi connectivity index (χ4n) is 4.13. The van der Waals surface area contributed by atoms with Crippen LogP contribution in [0.2, 0.25) is 0 Å². The van der Waals surface area contributed by atoms with E-state index < -0.39 is 0 Å². The molecule has 0 spiro atoms. The van der Waals surface area contributed by atoms with Gasteiger partial charge in [0.1, 0.15) is 0 Å². The molecule has 0 bridgehead atoms. The van der Waals surface area contributed by atoms with E-state index in [1.54, 1.807) is 0 Å². The molecule has 0 radical (unpaired) electrons. The molecular formula is C21H29N5O2. The van der Waals surface area contributed by atoms with Gasteiger partial charge in [-0.3, -0.25) is 9.69 Å². The average molecular weight is 383 g/mol. The lowest BCUT2D eigenvalue weighted by Crippen LogP contribution is -2.45. The van der Waals surface area contributed by atoms with E-state index in [1.807, 2.05) is 18.2 Å². The molecule has 4 rings (SSSR count). The van der Waals surface area contributed by atoms with Gasteiger partial charge in [-0.2, -0.15) is 4.98 Å². The lowest BCUT2D eigenvalue weighted by molar-refractivity contribution is -0.123. The van der Waals surface area contributed by atoms with E-state index in [9.17, 15) is 4.79 Å². The maximum Gasteiger partial charge on any atom is 0.237 e. The van der Waals surface area contributed by atoms with Crippen molar-refractivity contribution in [2.45, 2.75) is 44.7 Å². The quantitative estimate of drug-likeness (QED) is 0.758. The van der Waals surface area contributed by atoms with Crippen LogP contribution in [0, 0.1) is 5.92 Å². The minimum atomic E-state index is 0.00191. The normalized spacial score (nSPS) is 23.0. The number of piperidine rings is 1. The van der Waals surface area contributed by atoms with E-state index in [1.165, 1.54) is 5.56 Å². The third-order valence-electron chi connectivity index (χ3n) is 5.62. The molecule has 1 amide bonds. The molecule has 2 unspecified atom stereocenters. The van der Waals surface area contributed by atoms with Crippen LogP contribution in [0.1, 0.15) is 43.0 Å². The third-order valence-corrected chi connectivity index (χ3v) is 5.62. The molecule has 2 fully saturated rings. The molecule has 2 aliphatic heterocycles. The SMILES string of the molecule is O=C(NCC1CCCN(Cc2noc(Cc3ccccc3)n2)C1)C1CCCN1. The van der Waals surface area contributed by atoms with Gasteiger partial charge in [0.2, 0.25) is 11.8 Å². The summed E-state index contributed by atoms with van der Waals surface area (Å²) in [5, 5.41) is 10.5. The van der Waals surface area contributed by atoms with Crippen LogP contribution in [0.4, 0.5) is 0 Å². The zero-order chi connectivity index (χ0) is 19.2. The first kappa shape index (κ1) is 19.1. The first-order valence-electron chi connectivity index (χ1n) is 10.3. The molecule has 0 aliphatic carbocycles. The molecule has 1 aromatic carbocycles. The van der Waals surface area contributed by atoms with Crippen LogP contribution in [0.5, 0.6) is 0 Å². The van der Waals surface area contributed by atoms with Crippen molar-refractivity contribution >= 4 is 5.91 Å². The van der Waals surface area contributed by atoms with Gasteiger partial charge in [-0.25, -0.2) is 0 Å². The predicted octanol–water partition coefficient (Wildman–Crippen LogP) is 1.74. The van der Waals surface area contributed by atoms with Crippen molar-refractivity contribution in [2.24, 2.45) is 5.92 Å². The zero-order valence-electron chi connectivity index (χ0n) is 16.3. The molecule has 150 valence electrons. The third kappa shape index (κ3) is 5.17. The van der Waals surface area contributed by atoms with Crippen LogP contribution >= 0.6 is 0 Å². The van der Waals surface area contributed by atoms with Crippen LogP contribution < -0.4 is 10.6 Å². The number of amides is 1. The number of carbonyl (C=O) groups is 1. The largest absolute Gasteiger partial charge is 0.354 e. The van der Waals surface area contributed by atoms with Crippen LogP contribution in [0.25, 0.3) is 0 Å². The van der Waals surface area contributed by atoms with Crippen LogP contribution in [0.15, 0.2) is 34.9 Å². The Hall–Kier alpha value is -2.25. The molecular weight excluding hydrogens is 354 g/mol. The number of likely N-dealkylation sites (tertiary alicyclic amines) is 1. The lowest BCUT2D eigenvalue weighted by atomic mass is 9.98. The molecule has 7 nitrogen and oxygen atoms in total. The smallest absolute Gasteiger partial charge is 0.237 e. The molecule has 28 heavy (non-hydrogen) atoms. The standard InChI is InChI=1S/C21H29N5O2/c27-21(18-9-4-10-22-18)23-13-17-8-5-11-26(14-17)15-19-24-20(28-25-19)12-16-6-2-1-3-7-16/h1-3,6-7,17-18,22H,4-5,8-15H2,(H,23,27). The Balaban J connectivity index is 1.24. The first-order chi connectivity index (χ1) is 13.8. The van der Waals surface area contributed by atoms with Gasteiger partial charge in [-0.15, -0.1) is 0 Å². The van der Waals surface area contributed by atoms with Crippen molar-refractivity contribution in [3.8, 4) is 0 Å². The summed E-state index contributed by atoms with van der Waals surface area (Å²) in [6.07, 6.45) is 4.99. The van der Waals surface area contributed by atoms with E-state index in [-0.39, 0.29) is 11.9 Å². The molecule has 2 aliphatic rings. The molecule has 2 saturated heterocycles. The number of hydrogen-bond acceptors (Lipinski definition) is 6. The van der Waals surface area contributed by atoms with E-state index in [0.717, 1.165) is 57.7 Å². The van der Waals surface area contributed by atoms with Gasteiger partial charge in [-0.1, -0.05) is 35.5 Å². The van der Waals surface area contributed by atoms with Crippen molar-refractivity contribution in [3.63, 3.8) is 0 Å². The molecule has 7 heteroatoms. The number of nitrogens with one attached hydrogen (secondary N) is 2. The van der Waals surface area contributed by atoms with Gasteiger partial charge >= 0.3 is 0 Å². The van der Waals surface area contributed by atoms with E-state index in [0.29, 0.717) is 24.8 Å². The Morgan fingerprint density at radius 3 is 2.96 bits per heavy atom. The molecule has 2 N–H and O–H groups in total. The highest BCUT2D eigenvalue weighted by atomic mass is 16.5. The van der Waals surface area contributed by atoms with Crippen molar-refractivity contribution in [1.29, 1.82) is 0 Å². The van der Waals surface area contributed by atoms with E-state index >= 15 is 0 Å². The number of rotatable bonds is 7. The maximum absolute atomic E-state index is 12.2. The van der Waals surface area contributed by atoms with Crippen LogP contribution in [0.3, 0.4) is 0 Å². The van der Waals surface area contributed by atoms with Crippen molar-refractivity contribution in [1.82, 2.24) is 25.7 Å². The molecule has 1 aromatic heterocycles. The van der Waals surface area contributed by atoms with E-state index in [4.69, 9.17) is 4.52 Å². The number of nitrogens with zero attached hydrogens (tertiary/aromatic N) is 3. The van der Waals surface area contributed by atoms with Crippen molar-refractivity contribution in [3.05, 3.63) is 47.6 Å². The predicted molar refractivity (Wildman–Crippen MR) is 106 cm³/mol. The second-order valence-electron chi connectivity index (χ2n) is 7.90. The van der Waals surface area contributed by atoms with Crippen molar-refractivity contribution in [2.75, 3.05) is 26.2 Å². The average Bonchev–Trinajstić information content (AvgIpc) is 3.40. The van der Waals surface area contributed by atoms with Gasteiger partial charge in [0.05, 0.1) is 19.0 Å². The van der Waals surface area contributed by atoms with Gasteiger partial charge < -0.3 is 15.2 Å². The lowest BCUT2D eigenvalue weighted by Gasteiger charge is -2.32. The monoisotopic (exact) mass is 383 g/mol. The summed E-state index contributed by atoms with van der Waals surface area (Å²) in [6, 6.07) is 10.2. The second-order valence-corrected chi connectivity index (χ2v) is 7.90. The fraction of sp³-hybridized carbons (Fsp3) is 0.571. The topological polar surface area (TPSA) is 83.3 Å². The Morgan fingerprint density at radius 1 is 1.25 bits per heavy atom.